The van der Waals surface area contributed by atoms with Gasteiger partial charge >= 0.3 is 0 Å². The van der Waals surface area contributed by atoms with E-state index in [1.54, 1.807) is 0 Å². The number of benzene rings is 2. The fraction of sp³-hybridized carbons (Fsp3) is 0.0625. The molecule has 0 saturated carbocycles. The van der Waals surface area contributed by atoms with E-state index in [1.807, 2.05) is 6.07 Å². The van der Waals surface area contributed by atoms with Gasteiger partial charge in [0.25, 0.3) is 5.69 Å². The van der Waals surface area contributed by atoms with Crippen molar-refractivity contribution in [1.29, 1.82) is 5.26 Å². The van der Waals surface area contributed by atoms with Crippen molar-refractivity contribution in [3.05, 3.63) is 62.7 Å². The number of allylic oxidation sites excluding steroid dienone is 1. The van der Waals surface area contributed by atoms with Gasteiger partial charge in [0.1, 0.15) is 0 Å². The zero-order chi connectivity index (χ0) is 17.0. The largest absolute Gasteiger partial charge is 0.504 e. The molecule has 0 fully saturated rings. The first-order valence-corrected chi connectivity index (χ1v) is 6.77. The highest BCUT2D eigenvalue weighted by molar-refractivity contribution is 6.31. The van der Waals surface area contributed by atoms with Gasteiger partial charge in [-0.25, -0.2) is 0 Å². The summed E-state index contributed by atoms with van der Waals surface area (Å²) < 4.78 is 5.01. The number of methoxy groups -OCH3 is 1. The lowest BCUT2D eigenvalue weighted by molar-refractivity contribution is -0.384. The van der Waals surface area contributed by atoms with Gasteiger partial charge in [0.2, 0.25) is 0 Å². The lowest BCUT2D eigenvalue weighted by Crippen LogP contribution is -1.89. The van der Waals surface area contributed by atoms with E-state index in [4.69, 9.17) is 16.3 Å². The molecule has 6 nitrogen and oxygen atoms in total. The maximum absolute atomic E-state index is 10.7. The molecule has 116 valence electrons. The molecular formula is C16H11ClN2O4. The van der Waals surface area contributed by atoms with E-state index < -0.39 is 4.92 Å². The van der Waals surface area contributed by atoms with Crippen LogP contribution in [0.25, 0.3) is 11.6 Å². The second kappa shape index (κ2) is 6.81. The minimum absolute atomic E-state index is 0.0710. The number of ether oxygens (including phenoxy) is 1. The topological polar surface area (TPSA) is 96.4 Å². The van der Waals surface area contributed by atoms with Gasteiger partial charge in [-0.05, 0) is 29.8 Å². The van der Waals surface area contributed by atoms with Crippen LogP contribution < -0.4 is 4.74 Å². The Labute approximate surface area is 137 Å². The normalized spacial score (nSPS) is 10.9. The fourth-order valence-electron chi connectivity index (χ4n) is 1.96. The predicted octanol–water partition coefficient (Wildman–Crippen LogP) is 4.03. The number of nitrogens with zero attached hydrogens (tertiary/aromatic N) is 2. The Balaban J connectivity index is 2.49. The lowest BCUT2D eigenvalue weighted by Gasteiger charge is -2.08. The Morgan fingerprint density at radius 1 is 1.39 bits per heavy atom. The summed E-state index contributed by atoms with van der Waals surface area (Å²) in [5, 5.41) is 30.4. The van der Waals surface area contributed by atoms with Crippen molar-refractivity contribution < 1.29 is 14.8 Å². The van der Waals surface area contributed by atoms with Crippen LogP contribution in [0.15, 0.2) is 36.4 Å². The number of rotatable bonds is 4. The molecule has 1 N–H and O–H groups in total. The Morgan fingerprint density at radius 3 is 2.57 bits per heavy atom. The van der Waals surface area contributed by atoms with Crippen molar-refractivity contribution in [2.45, 2.75) is 0 Å². The molecular weight excluding hydrogens is 320 g/mol. The summed E-state index contributed by atoms with van der Waals surface area (Å²) in [6.07, 6.45) is 1.44. The number of nitro benzene ring substituents is 1. The van der Waals surface area contributed by atoms with Crippen molar-refractivity contribution in [3.8, 4) is 17.6 Å². The highest BCUT2D eigenvalue weighted by Gasteiger charge is 2.11. The molecule has 0 heterocycles. The molecule has 2 rings (SSSR count). The third-order valence-electron chi connectivity index (χ3n) is 3.10. The summed E-state index contributed by atoms with van der Waals surface area (Å²) in [6, 6.07) is 10.5. The van der Waals surface area contributed by atoms with Crippen molar-refractivity contribution in [1.82, 2.24) is 0 Å². The Morgan fingerprint density at radius 2 is 2.04 bits per heavy atom. The zero-order valence-electron chi connectivity index (χ0n) is 12.0. The number of hydrogen-bond acceptors (Lipinski definition) is 5. The van der Waals surface area contributed by atoms with Crippen LogP contribution in [0, 0.1) is 21.4 Å². The predicted molar refractivity (Wildman–Crippen MR) is 86.2 cm³/mol. The highest BCUT2D eigenvalue weighted by atomic mass is 35.5. The van der Waals surface area contributed by atoms with Crippen LogP contribution in [-0.4, -0.2) is 17.1 Å². The molecule has 0 unspecified atom stereocenters. The summed E-state index contributed by atoms with van der Waals surface area (Å²) in [5.74, 6) is 0.0382. The van der Waals surface area contributed by atoms with Crippen LogP contribution in [0.3, 0.4) is 0 Å². The Hall–Kier alpha value is -3.04. The lowest BCUT2D eigenvalue weighted by atomic mass is 10.0. The third kappa shape index (κ3) is 3.59. The molecule has 0 saturated heterocycles. The summed E-state index contributed by atoms with van der Waals surface area (Å²) in [6.45, 7) is 0. The molecule has 0 bridgehead atoms. The monoisotopic (exact) mass is 330 g/mol. The minimum atomic E-state index is -0.521. The molecule has 0 radical (unpaired) electrons. The number of nitro groups is 1. The van der Waals surface area contributed by atoms with Crippen molar-refractivity contribution >= 4 is 28.9 Å². The van der Waals surface area contributed by atoms with E-state index in [1.165, 1.54) is 49.6 Å². The first-order chi connectivity index (χ1) is 11.0. The number of non-ortho nitro benzene ring substituents is 1. The standard InChI is InChI=1S/C16H11ClN2O4/c1-23-15-8-13(17)7-11(16(15)20)6-12(9-18)10-2-4-14(5-3-10)19(21)22/h2-8,20H,1H3/b12-6+. The van der Waals surface area contributed by atoms with Gasteiger partial charge in [-0.3, -0.25) is 10.1 Å². The average molecular weight is 331 g/mol. The van der Waals surface area contributed by atoms with Gasteiger partial charge in [-0.2, -0.15) is 5.26 Å². The second-order valence-corrected chi connectivity index (χ2v) is 4.96. The van der Waals surface area contributed by atoms with E-state index in [2.05, 4.69) is 0 Å². The number of halogens is 1. The van der Waals surface area contributed by atoms with Crippen LogP contribution in [-0.2, 0) is 0 Å². The maximum Gasteiger partial charge on any atom is 0.269 e. The molecule has 2 aromatic rings. The van der Waals surface area contributed by atoms with Gasteiger partial charge < -0.3 is 9.84 Å². The first kappa shape index (κ1) is 16.3. The van der Waals surface area contributed by atoms with Gasteiger partial charge in [0.05, 0.1) is 23.7 Å². The van der Waals surface area contributed by atoms with Gasteiger partial charge in [-0.1, -0.05) is 11.6 Å². The molecule has 23 heavy (non-hydrogen) atoms. The summed E-state index contributed by atoms with van der Waals surface area (Å²) >= 11 is 5.95. The second-order valence-electron chi connectivity index (χ2n) is 4.52. The Bertz CT molecular complexity index is 823. The molecule has 2 aromatic carbocycles. The van der Waals surface area contributed by atoms with E-state index in [0.29, 0.717) is 16.1 Å². The van der Waals surface area contributed by atoms with Crippen LogP contribution >= 0.6 is 11.6 Å². The molecule has 0 aliphatic carbocycles. The van der Waals surface area contributed by atoms with Crippen LogP contribution in [0.4, 0.5) is 5.69 Å². The van der Waals surface area contributed by atoms with Crippen molar-refractivity contribution in [3.63, 3.8) is 0 Å². The molecule has 0 spiro atoms. The molecule has 0 aliphatic heterocycles. The molecule has 7 heteroatoms. The van der Waals surface area contributed by atoms with Crippen molar-refractivity contribution in [2.75, 3.05) is 7.11 Å². The minimum Gasteiger partial charge on any atom is -0.504 e. The zero-order valence-corrected chi connectivity index (χ0v) is 12.7. The number of phenolic OH excluding ortho intramolecular Hbond substituents is 1. The van der Waals surface area contributed by atoms with Crippen LogP contribution in [0.1, 0.15) is 11.1 Å². The summed E-state index contributed by atoms with van der Waals surface area (Å²) in [5.41, 5.74) is 0.943. The van der Waals surface area contributed by atoms with Gasteiger partial charge in [0, 0.05) is 28.8 Å². The SMILES string of the molecule is COc1cc(Cl)cc(/C=C(\C#N)c2ccc([N+](=O)[O-])cc2)c1O. The summed E-state index contributed by atoms with van der Waals surface area (Å²) in [4.78, 5) is 10.1. The number of phenols is 1. The molecule has 0 aromatic heterocycles. The first-order valence-electron chi connectivity index (χ1n) is 6.39. The van der Waals surface area contributed by atoms with E-state index in [0.717, 1.165) is 0 Å². The maximum atomic E-state index is 10.7. The van der Waals surface area contributed by atoms with E-state index in [9.17, 15) is 20.5 Å². The van der Waals surface area contributed by atoms with E-state index >= 15 is 0 Å². The number of nitriles is 1. The number of aromatic hydroxyl groups is 1. The average Bonchev–Trinajstić information content (AvgIpc) is 2.55. The van der Waals surface area contributed by atoms with E-state index in [-0.39, 0.29) is 22.8 Å². The molecule has 0 amide bonds. The van der Waals surface area contributed by atoms with Gasteiger partial charge in [-0.15, -0.1) is 0 Å². The number of hydrogen-bond donors (Lipinski definition) is 1. The third-order valence-corrected chi connectivity index (χ3v) is 3.32. The Kier molecular flexibility index (Phi) is 4.84. The fourth-order valence-corrected chi connectivity index (χ4v) is 2.18. The smallest absolute Gasteiger partial charge is 0.269 e. The summed E-state index contributed by atoms with van der Waals surface area (Å²) in [7, 11) is 1.39. The molecule has 0 atom stereocenters. The van der Waals surface area contributed by atoms with Crippen molar-refractivity contribution in [2.24, 2.45) is 0 Å². The quantitative estimate of drug-likeness (QED) is 0.395. The van der Waals surface area contributed by atoms with Crippen LogP contribution in [0.5, 0.6) is 11.5 Å². The highest BCUT2D eigenvalue weighted by Crippen LogP contribution is 2.35. The van der Waals surface area contributed by atoms with Crippen LogP contribution in [0.2, 0.25) is 5.02 Å². The van der Waals surface area contributed by atoms with Gasteiger partial charge in [0.15, 0.2) is 11.5 Å². The molecule has 0 aliphatic rings.